The van der Waals surface area contributed by atoms with Gasteiger partial charge in [0.2, 0.25) is 5.91 Å². The molecular weight excluding hydrogens is 208 g/mol. The molecule has 1 atom stereocenters. The molecule has 0 aromatic rings. The van der Waals surface area contributed by atoms with Gasteiger partial charge < -0.3 is 15.7 Å². The van der Waals surface area contributed by atoms with Crippen molar-refractivity contribution < 1.29 is 14.7 Å². The van der Waals surface area contributed by atoms with E-state index in [1.807, 2.05) is 6.92 Å². The fourth-order valence-corrected chi connectivity index (χ4v) is 1.16. The monoisotopic (exact) mass is 230 g/mol. The Morgan fingerprint density at radius 1 is 1.25 bits per heavy atom. The van der Waals surface area contributed by atoms with Crippen molar-refractivity contribution in [3.05, 3.63) is 0 Å². The van der Waals surface area contributed by atoms with Crippen molar-refractivity contribution in [2.75, 3.05) is 13.1 Å². The Bertz CT molecular complexity index is 243. The summed E-state index contributed by atoms with van der Waals surface area (Å²) in [6, 6.07) is 0. The summed E-state index contributed by atoms with van der Waals surface area (Å²) in [5, 5.41) is 14.6. The number of hydrogen-bond acceptors (Lipinski definition) is 3. The highest BCUT2D eigenvalue weighted by Gasteiger charge is 2.29. The van der Waals surface area contributed by atoms with Crippen molar-refractivity contribution in [2.24, 2.45) is 0 Å². The highest BCUT2D eigenvalue weighted by molar-refractivity contribution is 5.78. The minimum absolute atomic E-state index is 0.0433. The summed E-state index contributed by atoms with van der Waals surface area (Å²) < 4.78 is 0. The zero-order valence-corrected chi connectivity index (χ0v) is 10.3. The van der Waals surface area contributed by atoms with Gasteiger partial charge in [-0.3, -0.25) is 9.59 Å². The van der Waals surface area contributed by atoms with Crippen LogP contribution in [-0.2, 0) is 9.59 Å². The molecule has 0 rings (SSSR count). The summed E-state index contributed by atoms with van der Waals surface area (Å²) in [6.45, 7) is 6.46. The van der Waals surface area contributed by atoms with Crippen LogP contribution in [-0.4, -0.2) is 35.6 Å². The average Bonchev–Trinajstić information content (AvgIpc) is 2.25. The van der Waals surface area contributed by atoms with E-state index in [1.165, 1.54) is 0 Å². The lowest BCUT2D eigenvalue weighted by molar-refractivity contribution is -0.144. The van der Waals surface area contributed by atoms with Crippen LogP contribution in [0.15, 0.2) is 0 Å². The Balaban J connectivity index is 3.87. The van der Waals surface area contributed by atoms with Crippen molar-refractivity contribution in [1.82, 2.24) is 10.6 Å². The second-order valence-corrected chi connectivity index (χ2v) is 4.02. The number of amides is 1. The molecular formula is C11H22N2O3. The quantitative estimate of drug-likeness (QED) is 0.575. The second kappa shape index (κ2) is 7.22. The number of carboxylic acids is 1. The predicted molar refractivity (Wildman–Crippen MR) is 62.3 cm³/mol. The summed E-state index contributed by atoms with van der Waals surface area (Å²) in [5.74, 6) is -0.929. The normalized spacial score (nSPS) is 14.2. The number of carbonyl (C=O) groups is 2. The molecule has 5 heteroatoms. The van der Waals surface area contributed by atoms with Crippen LogP contribution < -0.4 is 10.6 Å². The van der Waals surface area contributed by atoms with Gasteiger partial charge in [-0.25, -0.2) is 0 Å². The third-order valence-corrected chi connectivity index (χ3v) is 2.62. The van der Waals surface area contributed by atoms with Crippen LogP contribution in [0.1, 0.15) is 40.0 Å². The van der Waals surface area contributed by atoms with Crippen molar-refractivity contribution in [1.29, 1.82) is 0 Å². The maximum atomic E-state index is 11.2. The van der Waals surface area contributed by atoms with Crippen LogP contribution in [0.5, 0.6) is 0 Å². The van der Waals surface area contributed by atoms with Crippen LogP contribution in [0.2, 0.25) is 0 Å². The third-order valence-electron chi connectivity index (χ3n) is 2.62. The average molecular weight is 230 g/mol. The highest BCUT2D eigenvalue weighted by atomic mass is 16.4. The zero-order chi connectivity index (χ0) is 12.6. The van der Waals surface area contributed by atoms with Gasteiger partial charge in [-0.05, 0) is 19.8 Å². The molecule has 0 saturated heterocycles. The van der Waals surface area contributed by atoms with E-state index in [4.69, 9.17) is 5.11 Å². The molecule has 0 bridgehead atoms. The minimum atomic E-state index is -0.939. The summed E-state index contributed by atoms with van der Waals surface area (Å²) in [6.07, 6.45) is 1.70. The standard InChI is InChI=1S/C11H22N2O3/c1-4-7-12-9(14)6-8-13-11(3,5-2)10(15)16/h13H,4-8H2,1-3H3,(H,12,14)(H,15,16). The molecule has 0 radical (unpaired) electrons. The van der Waals surface area contributed by atoms with Gasteiger partial charge in [0.25, 0.3) is 0 Å². The van der Waals surface area contributed by atoms with E-state index in [2.05, 4.69) is 10.6 Å². The number of carboxylic acid groups (broad SMARTS) is 1. The fraction of sp³-hybridized carbons (Fsp3) is 0.818. The third kappa shape index (κ3) is 5.11. The molecule has 0 fully saturated rings. The Labute approximate surface area is 96.6 Å². The maximum absolute atomic E-state index is 11.2. The molecule has 0 aliphatic rings. The number of nitrogens with one attached hydrogen (secondary N) is 2. The molecule has 16 heavy (non-hydrogen) atoms. The molecule has 0 saturated carbocycles. The Morgan fingerprint density at radius 3 is 2.31 bits per heavy atom. The molecule has 94 valence electrons. The van der Waals surface area contributed by atoms with Crippen molar-refractivity contribution in [3.63, 3.8) is 0 Å². The van der Waals surface area contributed by atoms with Gasteiger partial charge in [0, 0.05) is 19.5 Å². The van der Waals surface area contributed by atoms with Gasteiger partial charge in [-0.2, -0.15) is 0 Å². The molecule has 0 aromatic carbocycles. The first kappa shape index (κ1) is 14.9. The van der Waals surface area contributed by atoms with Gasteiger partial charge in [-0.1, -0.05) is 13.8 Å². The second-order valence-electron chi connectivity index (χ2n) is 4.02. The minimum Gasteiger partial charge on any atom is -0.480 e. The fourth-order valence-electron chi connectivity index (χ4n) is 1.16. The van der Waals surface area contributed by atoms with Crippen molar-refractivity contribution >= 4 is 11.9 Å². The van der Waals surface area contributed by atoms with E-state index < -0.39 is 11.5 Å². The first-order valence-electron chi connectivity index (χ1n) is 5.71. The maximum Gasteiger partial charge on any atom is 0.323 e. The van der Waals surface area contributed by atoms with E-state index >= 15 is 0 Å². The molecule has 1 amide bonds. The Hall–Kier alpha value is -1.10. The Morgan fingerprint density at radius 2 is 1.88 bits per heavy atom. The van der Waals surface area contributed by atoms with Gasteiger partial charge in [-0.15, -0.1) is 0 Å². The van der Waals surface area contributed by atoms with E-state index in [9.17, 15) is 9.59 Å². The number of carbonyl (C=O) groups excluding carboxylic acids is 1. The SMILES string of the molecule is CCCNC(=O)CCNC(C)(CC)C(=O)O. The molecule has 1 unspecified atom stereocenters. The van der Waals surface area contributed by atoms with E-state index in [1.54, 1.807) is 13.8 Å². The van der Waals surface area contributed by atoms with E-state index in [0.29, 0.717) is 25.9 Å². The smallest absolute Gasteiger partial charge is 0.323 e. The summed E-state index contributed by atoms with van der Waals surface area (Å²) in [5.41, 5.74) is -0.939. The van der Waals surface area contributed by atoms with Crippen LogP contribution in [0.25, 0.3) is 0 Å². The lowest BCUT2D eigenvalue weighted by atomic mass is 9.99. The van der Waals surface area contributed by atoms with Crippen LogP contribution in [0.3, 0.4) is 0 Å². The van der Waals surface area contributed by atoms with Crippen molar-refractivity contribution in [3.8, 4) is 0 Å². The largest absolute Gasteiger partial charge is 0.480 e. The number of aliphatic carboxylic acids is 1. The number of rotatable bonds is 8. The number of hydrogen-bond donors (Lipinski definition) is 3. The van der Waals surface area contributed by atoms with Gasteiger partial charge in [0.1, 0.15) is 5.54 Å². The summed E-state index contributed by atoms with van der Waals surface area (Å²) >= 11 is 0. The molecule has 0 aliphatic carbocycles. The highest BCUT2D eigenvalue weighted by Crippen LogP contribution is 2.08. The van der Waals surface area contributed by atoms with Crippen molar-refractivity contribution in [2.45, 2.75) is 45.6 Å². The predicted octanol–water partition coefficient (Wildman–Crippen LogP) is 0.746. The molecule has 0 spiro atoms. The van der Waals surface area contributed by atoms with Gasteiger partial charge in [0.15, 0.2) is 0 Å². The topological polar surface area (TPSA) is 78.4 Å². The van der Waals surface area contributed by atoms with Crippen LogP contribution in [0, 0.1) is 0 Å². The van der Waals surface area contributed by atoms with E-state index in [0.717, 1.165) is 6.42 Å². The van der Waals surface area contributed by atoms with E-state index in [-0.39, 0.29) is 5.91 Å². The molecule has 0 heterocycles. The molecule has 0 aromatic heterocycles. The first-order chi connectivity index (χ1) is 7.46. The molecule has 0 aliphatic heterocycles. The lowest BCUT2D eigenvalue weighted by Crippen LogP contribution is -2.49. The van der Waals surface area contributed by atoms with Crippen LogP contribution >= 0.6 is 0 Å². The van der Waals surface area contributed by atoms with Crippen LogP contribution in [0.4, 0.5) is 0 Å². The van der Waals surface area contributed by atoms with Gasteiger partial charge in [0.05, 0.1) is 0 Å². The first-order valence-corrected chi connectivity index (χ1v) is 5.71. The summed E-state index contributed by atoms with van der Waals surface area (Å²) in [4.78, 5) is 22.2. The zero-order valence-electron chi connectivity index (χ0n) is 10.3. The molecule has 5 nitrogen and oxygen atoms in total. The lowest BCUT2D eigenvalue weighted by Gasteiger charge is -2.24. The Kier molecular flexibility index (Phi) is 6.72. The van der Waals surface area contributed by atoms with Gasteiger partial charge >= 0.3 is 5.97 Å². The molecule has 3 N–H and O–H groups in total. The summed E-state index contributed by atoms with van der Waals surface area (Å²) in [7, 11) is 0.